The van der Waals surface area contributed by atoms with Gasteiger partial charge in [-0.15, -0.1) is 5.10 Å². The Labute approximate surface area is 173 Å². The van der Waals surface area contributed by atoms with Crippen LogP contribution in [0.4, 0.5) is 0 Å². The Balaban J connectivity index is 1.85. The molecular formula is C19H23N5O5S. The zero-order valence-corrected chi connectivity index (χ0v) is 17.6. The zero-order chi connectivity index (χ0) is 21.5. The number of aryl methyl sites for hydroxylation is 2. The first-order chi connectivity index (χ1) is 14.3. The average Bonchev–Trinajstić information content (AvgIpc) is 3.05. The quantitative estimate of drug-likeness (QED) is 0.616. The number of phenolic OH excluding ortho intramolecular Hbond substituents is 1. The third kappa shape index (κ3) is 3.48. The molecule has 2 aromatic heterocycles. The Morgan fingerprint density at radius 3 is 2.70 bits per heavy atom. The first kappa shape index (κ1) is 20.5. The molecule has 1 saturated heterocycles. The molecule has 11 heteroatoms. The van der Waals surface area contributed by atoms with Crippen molar-refractivity contribution in [2.75, 3.05) is 26.3 Å². The molecule has 0 atom stereocenters. The summed E-state index contributed by atoms with van der Waals surface area (Å²) in [5.41, 5.74) is 0.607. The standard InChI is InChI=1S/C19H23N5O5S/c1-3-4-16-20-12(2)17-19(26)21-18(22-24(16)17)14-11-13(5-6-15(14)25)30(27,28)23-7-9-29-10-8-23/h5-6,11,25H,3-4,7-10H2,1-2H3,(H,21,22,26). The highest BCUT2D eigenvalue weighted by Gasteiger charge is 2.27. The Morgan fingerprint density at radius 2 is 2.00 bits per heavy atom. The molecule has 0 unspecified atom stereocenters. The number of hydrogen-bond acceptors (Lipinski definition) is 7. The van der Waals surface area contributed by atoms with Crippen molar-refractivity contribution in [1.29, 1.82) is 0 Å². The molecule has 10 nitrogen and oxygen atoms in total. The fourth-order valence-corrected chi connectivity index (χ4v) is 4.98. The smallest absolute Gasteiger partial charge is 0.277 e. The Bertz CT molecular complexity index is 1260. The van der Waals surface area contributed by atoms with Gasteiger partial charge in [-0.05, 0) is 31.5 Å². The van der Waals surface area contributed by atoms with Gasteiger partial charge in [-0.2, -0.15) is 4.31 Å². The molecule has 0 aliphatic carbocycles. The van der Waals surface area contributed by atoms with E-state index in [2.05, 4.69) is 15.1 Å². The normalized spacial score (nSPS) is 15.7. The van der Waals surface area contributed by atoms with Crippen LogP contribution >= 0.6 is 0 Å². The number of H-pyrrole nitrogens is 1. The van der Waals surface area contributed by atoms with Crippen LogP contribution in [0.3, 0.4) is 0 Å². The summed E-state index contributed by atoms with van der Waals surface area (Å²) in [6, 6.07) is 3.95. The van der Waals surface area contributed by atoms with Crippen molar-refractivity contribution in [3.63, 3.8) is 0 Å². The summed E-state index contributed by atoms with van der Waals surface area (Å²) in [6.07, 6.45) is 1.45. The third-order valence-electron chi connectivity index (χ3n) is 5.05. The fourth-order valence-electron chi connectivity index (χ4n) is 3.54. The topological polar surface area (TPSA) is 130 Å². The maximum absolute atomic E-state index is 13.0. The number of imidazole rings is 1. The number of fused-ring (bicyclic) bond motifs is 1. The number of ether oxygens (including phenoxy) is 1. The van der Waals surface area contributed by atoms with Crippen molar-refractivity contribution in [3.05, 3.63) is 40.1 Å². The molecule has 2 N–H and O–H groups in total. The maximum Gasteiger partial charge on any atom is 0.277 e. The van der Waals surface area contributed by atoms with E-state index in [1.54, 1.807) is 6.92 Å². The lowest BCUT2D eigenvalue weighted by Crippen LogP contribution is -2.40. The predicted molar refractivity (Wildman–Crippen MR) is 109 cm³/mol. The molecule has 160 valence electrons. The van der Waals surface area contributed by atoms with Gasteiger partial charge in [0.15, 0.2) is 11.3 Å². The van der Waals surface area contributed by atoms with E-state index < -0.39 is 15.6 Å². The molecule has 1 aliphatic heterocycles. The second-order valence-electron chi connectivity index (χ2n) is 7.12. The van der Waals surface area contributed by atoms with Crippen LogP contribution in [-0.2, 0) is 21.2 Å². The first-order valence-electron chi connectivity index (χ1n) is 9.72. The third-order valence-corrected chi connectivity index (χ3v) is 6.94. The molecule has 3 aromatic rings. The Kier molecular flexibility index (Phi) is 5.35. The summed E-state index contributed by atoms with van der Waals surface area (Å²) in [7, 11) is -3.77. The lowest BCUT2D eigenvalue weighted by atomic mass is 10.2. The monoisotopic (exact) mass is 433 g/mol. The van der Waals surface area contributed by atoms with Crippen LogP contribution in [0, 0.1) is 6.92 Å². The number of rotatable bonds is 5. The number of benzene rings is 1. The highest BCUT2D eigenvalue weighted by molar-refractivity contribution is 7.89. The molecule has 30 heavy (non-hydrogen) atoms. The number of sulfonamides is 1. The zero-order valence-electron chi connectivity index (χ0n) is 16.8. The molecule has 1 fully saturated rings. The molecule has 0 amide bonds. The lowest BCUT2D eigenvalue weighted by molar-refractivity contribution is 0.0730. The summed E-state index contributed by atoms with van der Waals surface area (Å²) in [6.45, 7) is 4.91. The van der Waals surface area contributed by atoms with Gasteiger partial charge < -0.3 is 14.8 Å². The summed E-state index contributed by atoms with van der Waals surface area (Å²) in [5.74, 6) is 0.514. The van der Waals surface area contributed by atoms with Crippen molar-refractivity contribution in [1.82, 2.24) is 23.9 Å². The molecule has 1 aromatic carbocycles. The van der Waals surface area contributed by atoms with Crippen LogP contribution in [-0.4, -0.2) is 63.7 Å². The van der Waals surface area contributed by atoms with Crippen LogP contribution in [0.25, 0.3) is 16.9 Å². The number of aromatic hydroxyl groups is 1. The predicted octanol–water partition coefficient (Wildman–Crippen LogP) is 1.07. The number of phenols is 1. The van der Waals surface area contributed by atoms with Crippen molar-refractivity contribution < 1.29 is 18.3 Å². The number of aromatic amines is 1. The summed E-state index contributed by atoms with van der Waals surface area (Å²) >= 11 is 0. The van der Waals surface area contributed by atoms with Gasteiger partial charge in [-0.3, -0.25) is 4.79 Å². The van der Waals surface area contributed by atoms with Gasteiger partial charge in [0.2, 0.25) is 10.0 Å². The van der Waals surface area contributed by atoms with Crippen molar-refractivity contribution >= 4 is 15.5 Å². The van der Waals surface area contributed by atoms with Gasteiger partial charge in [-0.1, -0.05) is 6.92 Å². The maximum atomic E-state index is 13.0. The van der Waals surface area contributed by atoms with E-state index >= 15 is 0 Å². The van der Waals surface area contributed by atoms with Gasteiger partial charge >= 0.3 is 0 Å². The van der Waals surface area contributed by atoms with E-state index in [1.165, 1.54) is 27.0 Å². The minimum absolute atomic E-state index is 0.00976. The van der Waals surface area contributed by atoms with Crippen LogP contribution in [0.2, 0.25) is 0 Å². The minimum atomic E-state index is -3.77. The first-order valence-corrected chi connectivity index (χ1v) is 11.2. The van der Waals surface area contributed by atoms with E-state index in [9.17, 15) is 18.3 Å². The summed E-state index contributed by atoms with van der Waals surface area (Å²) in [5, 5.41) is 14.8. The molecular weight excluding hydrogens is 410 g/mol. The molecule has 0 saturated carbocycles. The SMILES string of the molecule is CCCc1nc(C)c2c(=O)[nH]c(-c3cc(S(=O)(=O)N4CCOCC4)ccc3O)nn12. The summed E-state index contributed by atoms with van der Waals surface area (Å²) < 4.78 is 34.0. The Hall–Kier alpha value is -2.76. The van der Waals surface area contributed by atoms with Crippen LogP contribution < -0.4 is 5.56 Å². The van der Waals surface area contributed by atoms with E-state index in [4.69, 9.17) is 4.74 Å². The van der Waals surface area contributed by atoms with Crippen molar-refractivity contribution in [2.45, 2.75) is 31.6 Å². The second-order valence-corrected chi connectivity index (χ2v) is 9.06. The van der Waals surface area contributed by atoms with Crippen LogP contribution in [0.1, 0.15) is 24.9 Å². The van der Waals surface area contributed by atoms with Crippen molar-refractivity contribution in [3.8, 4) is 17.1 Å². The van der Waals surface area contributed by atoms with Gasteiger partial charge in [0.25, 0.3) is 5.56 Å². The number of nitrogens with zero attached hydrogens (tertiary/aromatic N) is 4. The highest BCUT2D eigenvalue weighted by Crippen LogP contribution is 2.30. The van der Waals surface area contributed by atoms with Gasteiger partial charge in [-0.25, -0.2) is 17.9 Å². The lowest BCUT2D eigenvalue weighted by Gasteiger charge is -2.26. The minimum Gasteiger partial charge on any atom is -0.507 e. The molecule has 0 radical (unpaired) electrons. The van der Waals surface area contributed by atoms with Gasteiger partial charge in [0.1, 0.15) is 11.6 Å². The molecule has 0 spiro atoms. The molecule has 3 heterocycles. The summed E-state index contributed by atoms with van der Waals surface area (Å²) in [4.78, 5) is 19.7. The second kappa shape index (κ2) is 7.82. The van der Waals surface area contributed by atoms with Gasteiger partial charge in [0, 0.05) is 19.5 Å². The van der Waals surface area contributed by atoms with Gasteiger partial charge in [0.05, 0.1) is 29.4 Å². The largest absolute Gasteiger partial charge is 0.507 e. The Morgan fingerprint density at radius 1 is 1.27 bits per heavy atom. The molecule has 4 rings (SSSR count). The van der Waals surface area contributed by atoms with E-state index in [0.717, 1.165) is 6.42 Å². The number of hydrogen-bond donors (Lipinski definition) is 2. The van der Waals surface area contributed by atoms with Crippen LogP contribution in [0.5, 0.6) is 5.75 Å². The van der Waals surface area contributed by atoms with E-state index in [1.807, 2.05) is 6.92 Å². The molecule has 0 bridgehead atoms. The number of morpholine rings is 1. The fraction of sp³-hybridized carbons (Fsp3) is 0.421. The van der Waals surface area contributed by atoms with Crippen LogP contribution in [0.15, 0.2) is 27.9 Å². The van der Waals surface area contributed by atoms with E-state index in [-0.39, 0.29) is 35.1 Å². The number of aromatic nitrogens is 4. The highest BCUT2D eigenvalue weighted by atomic mass is 32.2. The number of nitrogens with one attached hydrogen (secondary N) is 1. The average molecular weight is 433 g/mol. The van der Waals surface area contributed by atoms with Crippen molar-refractivity contribution in [2.24, 2.45) is 0 Å². The van der Waals surface area contributed by atoms with E-state index in [0.29, 0.717) is 36.7 Å². The molecule has 1 aliphatic rings.